The van der Waals surface area contributed by atoms with Crippen molar-refractivity contribution in [2.75, 3.05) is 0 Å². The van der Waals surface area contributed by atoms with Crippen molar-refractivity contribution in [2.24, 2.45) is 0 Å². The highest BCUT2D eigenvalue weighted by molar-refractivity contribution is 6.22. The van der Waals surface area contributed by atoms with Gasteiger partial charge < -0.3 is 0 Å². The first-order valence-electron chi connectivity index (χ1n) is 9.33. The second-order valence-electron chi connectivity index (χ2n) is 7.42. The van der Waals surface area contributed by atoms with Crippen molar-refractivity contribution in [3.05, 3.63) is 93.5 Å². The molecule has 0 unspecified atom stereocenters. The predicted molar refractivity (Wildman–Crippen MR) is 110 cm³/mol. The summed E-state index contributed by atoms with van der Waals surface area (Å²) in [7, 11) is 0. The first-order chi connectivity index (χ1) is 13.4. The number of fused-ring (bicyclic) bond motifs is 4. The van der Waals surface area contributed by atoms with Crippen molar-refractivity contribution < 1.29 is 0 Å². The van der Waals surface area contributed by atoms with Gasteiger partial charge >= 0.3 is 0 Å². The molecule has 4 aromatic carbocycles. The number of rotatable bonds is 0. The first kappa shape index (κ1) is 13.7. The average Bonchev–Trinajstić information content (AvgIpc) is 3.16. The number of hydrogen-bond acceptors (Lipinski definition) is 2. The summed E-state index contributed by atoms with van der Waals surface area (Å²) in [6.07, 6.45) is 6.99. The van der Waals surface area contributed by atoms with Crippen LogP contribution in [0.15, 0.2) is 60.7 Å². The summed E-state index contributed by atoms with van der Waals surface area (Å²) in [6, 6.07) is 19.9. The predicted octanol–water partition coefficient (Wildman–Crippen LogP) is 4.65. The molecule has 27 heavy (non-hydrogen) atoms. The van der Waals surface area contributed by atoms with Crippen LogP contribution in [0.3, 0.4) is 0 Å². The van der Waals surface area contributed by atoms with Gasteiger partial charge in [0.2, 0.25) is 0 Å². The fraction of sp³-hybridized carbons (Fsp3) is 0.0400. The van der Waals surface area contributed by atoms with Gasteiger partial charge in [0, 0.05) is 11.6 Å². The monoisotopic (exact) mass is 342 g/mol. The van der Waals surface area contributed by atoms with Gasteiger partial charge in [0.1, 0.15) is 0 Å². The van der Waals surface area contributed by atoms with Crippen LogP contribution in [0.25, 0.3) is 44.5 Å². The Morgan fingerprint density at radius 1 is 0.741 bits per heavy atom. The molecule has 2 aliphatic rings. The largest absolute Gasteiger partial charge is 0.249 e. The fourth-order valence-electron chi connectivity index (χ4n) is 4.90. The molecule has 0 amide bonds. The Morgan fingerprint density at radius 3 is 2.41 bits per heavy atom. The maximum absolute atomic E-state index is 5.06. The maximum atomic E-state index is 5.06. The number of nitrogens with zero attached hydrogens (tertiary/aromatic N) is 2. The zero-order valence-electron chi connectivity index (χ0n) is 14.5. The van der Waals surface area contributed by atoms with E-state index in [-0.39, 0.29) is 0 Å². The second-order valence-corrected chi connectivity index (χ2v) is 7.42. The molecule has 0 radical (unpaired) electrons. The van der Waals surface area contributed by atoms with Crippen molar-refractivity contribution in [1.82, 2.24) is 9.97 Å². The summed E-state index contributed by atoms with van der Waals surface area (Å²) >= 11 is 0. The Hall–Kier alpha value is -3.52. The van der Waals surface area contributed by atoms with Gasteiger partial charge in [-0.25, -0.2) is 9.97 Å². The molecule has 7 rings (SSSR count). The minimum absolute atomic E-state index is 0.842. The molecule has 0 fully saturated rings. The Morgan fingerprint density at radius 2 is 1.52 bits per heavy atom. The average molecular weight is 342 g/mol. The Bertz CT molecular complexity index is 1640. The third-order valence-corrected chi connectivity index (χ3v) is 5.99. The minimum atomic E-state index is 0.842. The summed E-state index contributed by atoms with van der Waals surface area (Å²) in [5.74, 6) is 0. The van der Waals surface area contributed by atoms with Gasteiger partial charge in [-0.15, -0.1) is 0 Å². The van der Waals surface area contributed by atoms with Crippen LogP contribution in [0.5, 0.6) is 0 Å². The molecule has 1 aromatic heterocycles. The van der Waals surface area contributed by atoms with E-state index in [9.17, 15) is 0 Å². The Labute approximate surface area is 154 Å². The molecule has 124 valence electrons. The SMILES string of the molecule is C1=Cc2nc3c(nc2=C1)Cc1cccc2c1c=3c1cccc3cccc2c31. The first-order valence-corrected chi connectivity index (χ1v) is 9.33. The number of aromatic nitrogens is 2. The lowest BCUT2D eigenvalue weighted by molar-refractivity contribution is 0.960. The molecular formula is C25H14N2. The van der Waals surface area contributed by atoms with E-state index in [1.165, 1.54) is 43.1 Å². The van der Waals surface area contributed by atoms with Crippen LogP contribution in [0.4, 0.5) is 0 Å². The highest BCUT2D eigenvalue weighted by Crippen LogP contribution is 2.38. The van der Waals surface area contributed by atoms with Crippen molar-refractivity contribution in [2.45, 2.75) is 6.42 Å². The molecule has 5 aromatic rings. The molecule has 0 N–H and O–H groups in total. The Kier molecular flexibility index (Phi) is 2.33. The van der Waals surface area contributed by atoms with Crippen LogP contribution < -0.4 is 5.35 Å². The summed E-state index contributed by atoms with van der Waals surface area (Å²) in [5, 5.41) is 11.2. The normalized spacial score (nSPS) is 13.9. The van der Waals surface area contributed by atoms with Crippen LogP contribution in [-0.4, -0.2) is 9.97 Å². The molecule has 0 saturated heterocycles. The van der Waals surface area contributed by atoms with Crippen molar-refractivity contribution in [3.63, 3.8) is 0 Å². The van der Waals surface area contributed by atoms with Gasteiger partial charge in [0.15, 0.2) is 0 Å². The van der Waals surface area contributed by atoms with Crippen molar-refractivity contribution in [3.8, 4) is 0 Å². The van der Waals surface area contributed by atoms with E-state index in [0.717, 1.165) is 28.5 Å². The molecule has 0 atom stereocenters. The van der Waals surface area contributed by atoms with Gasteiger partial charge in [-0.3, -0.25) is 0 Å². The van der Waals surface area contributed by atoms with Gasteiger partial charge in [-0.05, 0) is 50.0 Å². The van der Waals surface area contributed by atoms with Crippen molar-refractivity contribution >= 4 is 44.5 Å². The van der Waals surface area contributed by atoms with Crippen molar-refractivity contribution in [1.29, 1.82) is 0 Å². The van der Waals surface area contributed by atoms with Crippen LogP contribution in [0.2, 0.25) is 0 Å². The molecule has 0 spiro atoms. The van der Waals surface area contributed by atoms with E-state index in [0.29, 0.717) is 0 Å². The van der Waals surface area contributed by atoms with Gasteiger partial charge in [-0.1, -0.05) is 60.7 Å². The van der Waals surface area contributed by atoms with Crippen LogP contribution in [0, 0.1) is 10.6 Å². The molecule has 0 aliphatic heterocycles. The smallest absolute Gasteiger partial charge is 0.0941 e. The van der Waals surface area contributed by atoms with E-state index in [1.807, 2.05) is 6.08 Å². The molecule has 0 bridgehead atoms. The van der Waals surface area contributed by atoms with E-state index >= 15 is 0 Å². The summed E-state index contributed by atoms with van der Waals surface area (Å²) < 4.78 is 0. The molecule has 2 aliphatic carbocycles. The maximum Gasteiger partial charge on any atom is 0.0941 e. The van der Waals surface area contributed by atoms with Gasteiger partial charge in [0.05, 0.1) is 22.1 Å². The lowest BCUT2D eigenvalue weighted by Crippen LogP contribution is -2.17. The van der Waals surface area contributed by atoms with Crippen LogP contribution in [0.1, 0.15) is 17.0 Å². The molecule has 0 saturated carbocycles. The summed E-state index contributed by atoms with van der Waals surface area (Å²) in [6.45, 7) is 0. The number of allylic oxidation sites excluding steroid dienone is 1. The zero-order valence-corrected chi connectivity index (χ0v) is 14.5. The molecule has 2 heteroatoms. The summed E-state index contributed by atoms with van der Waals surface area (Å²) in [4.78, 5) is 10.0. The number of benzene rings is 4. The lowest BCUT2D eigenvalue weighted by atomic mass is 9.87. The van der Waals surface area contributed by atoms with E-state index in [4.69, 9.17) is 9.97 Å². The van der Waals surface area contributed by atoms with E-state index in [2.05, 4.69) is 66.7 Å². The second kappa shape index (κ2) is 4.60. The third-order valence-electron chi connectivity index (χ3n) is 5.99. The highest BCUT2D eigenvalue weighted by atomic mass is 14.8. The molecular weight excluding hydrogens is 328 g/mol. The fourth-order valence-corrected chi connectivity index (χ4v) is 4.90. The minimum Gasteiger partial charge on any atom is -0.249 e. The molecule has 1 heterocycles. The number of hydrogen-bond donors (Lipinski definition) is 0. The van der Waals surface area contributed by atoms with E-state index < -0.39 is 0 Å². The lowest BCUT2D eigenvalue weighted by Gasteiger charge is -2.18. The topological polar surface area (TPSA) is 25.8 Å². The quantitative estimate of drug-likeness (QED) is 0.296. The standard InChI is InChI=1S/C25H14N2/c1-5-14-6-2-10-18-22(14)16(8-1)17-9-3-7-15-13-21-25(24(18)23(15)17)27-20-12-4-11-19(20)26-21/h1-12H,13H2. The molecule has 2 nitrogen and oxygen atoms in total. The van der Waals surface area contributed by atoms with Gasteiger partial charge in [-0.2, -0.15) is 0 Å². The zero-order chi connectivity index (χ0) is 17.5. The summed E-state index contributed by atoms with van der Waals surface area (Å²) in [5.41, 5.74) is 3.42. The van der Waals surface area contributed by atoms with Crippen LogP contribution >= 0.6 is 0 Å². The van der Waals surface area contributed by atoms with E-state index in [1.54, 1.807) is 0 Å². The third kappa shape index (κ3) is 1.61. The van der Waals surface area contributed by atoms with Crippen LogP contribution in [-0.2, 0) is 6.42 Å². The highest BCUT2D eigenvalue weighted by Gasteiger charge is 2.19. The Balaban J connectivity index is 1.94. The van der Waals surface area contributed by atoms with Gasteiger partial charge in [0.25, 0.3) is 0 Å².